The van der Waals surface area contributed by atoms with Crippen molar-refractivity contribution in [1.82, 2.24) is 0 Å². The molecule has 1 aromatic carbocycles. The molecule has 3 heteroatoms. The molecule has 0 spiro atoms. The first-order valence-corrected chi connectivity index (χ1v) is 7.63. The number of halogens is 1. The highest BCUT2D eigenvalue weighted by molar-refractivity contribution is 9.10. The van der Waals surface area contributed by atoms with E-state index in [1.54, 1.807) is 0 Å². The van der Waals surface area contributed by atoms with Gasteiger partial charge in [-0.05, 0) is 35.4 Å². The molecule has 2 rings (SSSR count). The van der Waals surface area contributed by atoms with E-state index in [9.17, 15) is 5.11 Å². The molecule has 19 heavy (non-hydrogen) atoms. The van der Waals surface area contributed by atoms with Crippen LogP contribution in [0, 0.1) is 16.7 Å². The lowest BCUT2D eigenvalue weighted by Crippen LogP contribution is -2.06. The summed E-state index contributed by atoms with van der Waals surface area (Å²) in [6.07, 6.45) is -0.435. The van der Waals surface area contributed by atoms with Crippen LogP contribution in [0.2, 0.25) is 0 Å². The fourth-order valence-corrected chi connectivity index (χ4v) is 3.81. The zero-order valence-corrected chi connectivity index (χ0v) is 13.9. The molecule has 1 aliphatic rings. The predicted molar refractivity (Wildman–Crippen MR) is 81.3 cm³/mol. The largest absolute Gasteiger partial charge is 0.494 e. The Morgan fingerprint density at radius 2 is 1.84 bits per heavy atom. The molecule has 0 aliphatic heterocycles. The SMILES string of the molecule is CCOc1ccc(C(O)C2C(C)(C)C2(C)C)c(Br)c1. The van der Waals surface area contributed by atoms with E-state index in [0.717, 1.165) is 15.8 Å². The van der Waals surface area contributed by atoms with Gasteiger partial charge in [0.1, 0.15) is 5.75 Å². The second kappa shape index (κ2) is 4.78. The van der Waals surface area contributed by atoms with Gasteiger partial charge in [-0.25, -0.2) is 0 Å². The van der Waals surface area contributed by atoms with Crippen LogP contribution in [0.5, 0.6) is 5.75 Å². The molecule has 0 radical (unpaired) electrons. The summed E-state index contributed by atoms with van der Waals surface area (Å²) < 4.78 is 6.39. The number of aliphatic hydroxyl groups is 1. The van der Waals surface area contributed by atoms with Gasteiger partial charge in [-0.2, -0.15) is 0 Å². The second-order valence-corrected chi connectivity index (χ2v) is 7.34. The number of benzene rings is 1. The minimum Gasteiger partial charge on any atom is -0.494 e. The minimum atomic E-state index is -0.435. The molecule has 1 aliphatic carbocycles. The molecule has 1 unspecified atom stereocenters. The Balaban J connectivity index is 2.24. The molecule has 2 nitrogen and oxygen atoms in total. The van der Waals surface area contributed by atoms with Crippen molar-refractivity contribution in [3.05, 3.63) is 28.2 Å². The van der Waals surface area contributed by atoms with Gasteiger partial charge in [0.2, 0.25) is 0 Å². The fourth-order valence-electron chi connectivity index (χ4n) is 3.22. The Morgan fingerprint density at radius 1 is 1.26 bits per heavy atom. The van der Waals surface area contributed by atoms with Crippen LogP contribution < -0.4 is 4.74 Å². The molecular weight excluding hydrogens is 304 g/mol. The van der Waals surface area contributed by atoms with Crippen molar-refractivity contribution in [3.8, 4) is 5.75 Å². The highest BCUT2D eigenvalue weighted by atomic mass is 79.9. The van der Waals surface area contributed by atoms with E-state index in [0.29, 0.717) is 6.61 Å². The van der Waals surface area contributed by atoms with Gasteiger partial charge in [-0.3, -0.25) is 0 Å². The van der Waals surface area contributed by atoms with Gasteiger partial charge >= 0.3 is 0 Å². The monoisotopic (exact) mass is 326 g/mol. The van der Waals surface area contributed by atoms with Crippen LogP contribution in [-0.4, -0.2) is 11.7 Å². The fraction of sp³-hybridized carbons (Fsp3) is 0.625. The van der Waals surface area contributed by atoms with Crippen LogP contribution in [0.3, 0.4) is 0 Å². The van der Waals surface area contributed by atoms with E-state index in [4.69, 9.17) is 4.74 Å². The average Bonchev–Trinajstić information content (AvgIpc) is 2.69. The van der Waals surface area contributed by atoms with Crippen LogP contribution >= 0.6 is 15.9 Å². The Labute approximate surface area is 124 Å². The molecule has 1 atom stereocenters. The summed E-state index contributed by atoms with van der Waals surface area (Å²) in [5, 5.41) is 10.7. The Morgan fingerprint density at radius 3 is 2.26 bits per heavy atom. The molecule has 0 heterocycles. The Hall–Kier alpha value is -0.540. The lowest BCUT2D eigenvalue weighted by Gasteiger charge is -2.16. The van der Waals surface area contributed by atoms with Crippen molar-refractivity contribution in [2.45, 2.75) is 40.7 Å². The topological polar surface area (TPSA) is 29.5 Å². The lowest BCUT2D eigenvalue weighted by molar-refractivity contribution is 0.130. The third kappa shape index (κ3) is 2.31. The van der Waals surface area contributed by atoms with Crippen molar-refractivity contribution < 1.29 is 9.84 Å². The summed E-state index contributed by atoms with van der Waals surface area (Å²) in [7, 11) is 0. The van der Waals surface area contributed by atoms with Gasteiger partial charge < -0.3 is 9.84 Å². The van der Waals surface area contributed by atoms with Gasteiger partial charge in [0.25, 0.3) is 0 Å². The summed E-state index contributed by atoms with van der Waals surface area (Å²) in [6, 6.07) is 5.82. The number of hydrogen-bond donors (Lipinski definition) is 1. The Kier molecular flexibility index (Phi) is 3.74. The van der Waals surface area contributed by atoms with Gasteiger partial charge in [0, 0.05) is 10.4 Å². The first kappa shape index (κ1) is 14.9. The minimum absolute atomic E-state index is 0.171. The van der Waals surface area contributed by atoms with Crippen LogP contribution in [0.15, 0.2) is 22.7 Å². The quantitative estimate of drug-likeness (QED) is 0.878. The van der Waals surface area contributed by atoms with E-state index in [-0.39, 0.29) is 16.7 Å². The van der Waals surface area contributed by atoms with Crippen molar-refractivity contribution in [2.24, 2.45) is 16.7 Å². The molecule has 0 amide bonds. The summed E-state index contributed by atoms with van der Waals surface area (Å²) in [6.45, 7) is 11.5. The summed E-state index contributed by atoms with van der Waals surface area (Å²) in [5.74, 6) is 1.12. The second-order valence-electron chi connectivity index (χ2n) is 6.48. The predicted octanol–water partition coefficient (Wildman–Crippen LogP) is 4.56. The summed E-state index contributed by atoms with van der Waals surface area (Å²) in [5.41, 5.74) is 1.29. The molecule has 1 N–H and O–H groups in total. The third-order valence-corrected chi connectivity index (χ3v) is 5.74. The van der Waals surface area contributed by atoms with E-state index in [1.807, 2.05) is 25.1 Å². The van der Waals surface area contributed by atoms with Gasteiger partial charge in [-0.1, -0.05) is 49.7 Å². The summed E-state index contributed by atoms with van der Waals surface area (Å²) in [4.78, 5) is 0. The lowest BCUT2D eigenvalue weighted by atomic mass is 9.99. The summed E-state index contributed by atoms with van der Waals surface area (Å²) >= 11 is 3.55. The zero-order valence-electron chi connectivity index (χ0n) is 12.3. The van der Waals surface area contributed by atoms with E-state index in [2.05, 4.69) is 43.6 Å². The maximum Gasteiger partial charge on any atom is 0.120 e. The molecule has 106 valence electrons. The molecule has 1 fully saturated rings. The van der Waals surface area contributed by atoms with Crippen LogP contribution in [0.4, 0.5) is 0 Å². The molecule has 0 saturated heterocycles. The number of hydrogen-bond acceptors (Lipinski definition) is 2. The van der Waals surface area contributed by atoms with Crippen molar-refractivity contribution in [1.29, 1.82) is 0 Å². The van der Waals surface area contributed by atoms with Crippen molar-refractivity contribution in [2.75, 3.05) is 6.61 Å². The van der Waals surface area contributed by atoms with Gasteiger partial charge in [-0.15, -0.1) is 0 Å². The molecule has 1 saturated carbocycles. The first-order valence-electron chi connectivity index (χ1n) is 6.83. The van der Waals surface area contributed by atoms with Gasteiger partial charge in [0.15, 0.2) is 0 Å². The zero-order chi connectivity index (χ0) is 14.4. The van der Waals surface area contributed by atoms with Crippen molar-refractivity contribution >= 4 is 15.9 Å². The van der Waals surface area contributed by atoms with Crippen LogP contribution in [0.1, 0.15) is 46.3 Å². The Bertz CT molecular complexity index is 466. The number of aliphatic hydroxyl groups excluding tert-OH is 1. The highest BCUT2D eigenvalue weighted by Gasteiger charge is 2.67. The van der Waals surface area contributed by atoms with E-state index < -0.39 is 6.10 Å². The maximum absolute atomic E-state index is 10.7. The molecular formula is C16H23BrO2. The maximum atomic E-state index is 10.7. The first-order chi connectivity index (χ1) is 8.73. The smallest absolute Gasteiger partial charge is 0.120 e. The normalized spacial score (nSPS) is 22.1. The highest BCUT2D eigenvalue weighted by Crippen LogP contribution is 2.72. The van der Waals surface area contributed by atoms with Gasteiger partial charge in [0.05, 0.1) is 12.7 Å². The number of rotatable bonds is 4. The van der Waals surface area contributed by atoms with Crippen molar-refractivity contribution in [3.63, 3.8) is 0 Å². The third-order valence-electron chi connectivity index (χ3n) is 5.05. The van der Waals surface area contributed by atoms with E-state index >= 15 is 0 Å². The number of ether oxygens (including phenoxy) is 1. The molecule has 0 bridgehead atoms. The standard InChI is InChI=1S/C16H23BrO2/c1-6-19-10-7-8-11(12(17)9-10)13(18)14-15(2,3)16(14,4)5/h7-9,13-14,18H,6H2,1-5H3. The van der Waals surface area contributed by atoms with E-state index in [1.165, 1.54) is 0 Å². The molecule has 0 aromatic heterocycles. The van der Waals surface area contributed by atoms with Crippen LogP contribution in [-0.2, 0) is 0 Å². The average molecular weight is 327 g/mol. The molecule has 1 aromatic rings. The van der Waals surface area contributed by atoms with Crippen LogP contribution in [0.25, 0.3) is 0 Å².